The van der Waals surface area contributed by atoms with E-state index in [4.69, 9.17) is 9.47 Å². The number of aryl methyl sites for hydroxylation is 1. The van der Waals surface area contributed by atoms with Gasteiger partial charge in [0, 0.05) is 12.5 Å². The molecule has 2 rings (SSSR count). The van der Waals surface area contributed by atoms with Gasteiger partial charge in [-0.15, -0.1) is 0 Å². The van der Waals surface area contributed by atoms with Crippen molar-refractivity contribution in [3.63, 3.8) is 0 Å². The lowest BCUT2D eigenvalue weighted by molar-refractivity contribution is 0.102. The van der Waals surface area contributed by atoms with Gasteiger partial charge in [0.05, 0.1) is 30.5 Å². The Hall–Kier alpha value is -2.41. The third kappa shape index (κ3) is 4.07. The smallest absolute Gasteiger partial charge is 0.204 e. The van der Waals surface area contributed by atoms with Crippen LogP contribution in [0.25, 0.3) is 0 Å². The van der Waals surface area contributed by atoms with Gasteiger partial charge in [-0.25, -0.2) is 4.98 Å². The van der Waals surface area contributed by atoms with Crippen molar-refractivity contribution in [1.82, 2.24) is 4.98 Å². The summed E-state index contributed by atoms with van der Waals surface area (Å²) in [6.45, 7) is 5.77. The Morgan fingerprint density at radius 2 is 2.26 bits per heavy atom. The van der Waals surface area contributed by atoms with E-state index >= 15 is 0 Å². The van der Waals surface area contributed by atoms with Crippen molar-refractivity contribution in [2.75, 3.05) is 19.1 Å². The number of hydrazone groups is 1. The number of benzene rings is 1. The molecule has 7 heteroatoms. The predicted octanol–water partition coefficient (Wildman–Crippen LogP) is 3.51. The summed E-state index contributed by atoms with van der Waals surface area (Å²) in [5.74, 6) is 1.30. The lowest BCUT2D eigenvalue weighted by Gasteiger charge is -2.11. The van der Waals surface area contributed by atoms with Gasteiger partial charge in [-0.2, -0.15) is 5.10 Å². The minimum atomic E-state index is 0.00320. The number of thiazole rings is 1. The van der Waals surface area contributed by atoms with Crippen molar-refractivity contribution < 1.29 is 14.3 Å². The number of hydrogen-bond acceptors (Lipinski definition) is 7. The van der Waals surface area contributed by atoms with Crippen LogP contribution >= 0.6 is 11.3 Å². The average Bonchev–Trinajstić information content (AvgIpc) is 2.90. The van der Waals surface area contributed by atoms with Gasteiger partial charge >= 0.3 is 0 Å². The SMILES string of the molecule is CCOc1c(/C=N/Nc2nc(C)c(C(C)=O)s2)cccc1OC. The molecule has 6 nitrogen and oxygen atoms in total. The number of nitrogens with one attached hydrogen (secondary N) is 1. The highest BCUT2D eigenvalue weighted by Gasteiger charge is 2.11. The summed E-state index contributed by atoms with van der Waals surface area (Å²) in [5.41, 5.74) is 4.34. The Bertz CT molecular complexity index is 725. The Morgan fingerprint density at radius 3 is 2.87 bits per heavy atom. The zero-order chi connectivity index (χ0) is 16.8. The van der Waals surface area contributed by atoms with Crippen molar-refractivity contribution in [2.45, 2.75) is 20.8 Å². The zero-order valence-corrected chi connectivity index (χ0v) is 14.4. The van der Waals surface area contributed by atoms with Gasteiger partial charge in [-0.1, -0.05) is 17.4 Å². The van der Waals surface area contributed by atoms with Gasteiger partial charge in [0.1, 0.15) is 0 Å². The second-order valence-corrected chi connectivity index (χ2v) is 5.67. The molecular formula is C16H19N3O3S. The number of carbonyl (C=O) groups excluding carboxylic acids is 1. The molecular weight excluding hydrogens is 314 g/mol. The van der Waals surface area contributed by atoms with Crippen LogP contribution in [0.5, 0.6) is 11.5 Å². The molecule has 1 aromatic heterocycles. The Kier molecular flexibility index (Phi) is 5.70. The van der Waals surface area contributed by atoms with Crippen LogP contribution in [0.4, 0.5) is 5.13 Å². The first-order valence-corrected chi connectivity index (χ1v) is 7.95. The molecule has 0 aliphatic carbocycles. The van der Waals surface area contributed by atoms with E-state index in [1.807, 2.05) is 25.1 Å². The number of ether oxygens (including phenoxy) is 2. The maximum atomic E-state index is 11.4. The molecule has 0 atom stereocenters. The van der Waals surface area contributed by atoms with Crippen LogP contribution in [0.15, 0.2) is 23.3 Å². The van der Waals surface area contributed by atoms with Gasteiger partial charge in [0.15, 0.2) is 17.3 Å². The molecule has 0 amide bonds. The highest BCUT2D eigenvalue weighted by Crippen LogP contribution is 2.30. The largest absolute Gasteiger partial charge is 0.493 e. The van der Waals surface area contributed by atoms with Crippen LogP contribution in [0.1, 0.15) is 34.8 Å². The Morgan fingerprint density at radius 1 is 1.48 bits per heavy atom. The first-order valence-electron chi connectivity index (χ1n) is 7.14. The maximum absolute atomic E-state index is 11.4. The zero-order valence-electron chi connectivity index (χ0n) is 13.5. The Balaban J connectivity index is 2.17. The summed E-state index contributed by atoms with van der Waals surface area (Å²) in [7, 11) is 1.60. The average molecular weight is 333 g/mol. The standard InChI is InChI=1S/C16H19N3O3S/c1-5-22-14-12(7-6-8-13(14)21-4)9-17-19-16-18-10(2)15(23-16)11(3)20/h6-9H,5H2,1-4H3,(H,18,19)/b17-9+. The van der Waals surface area contributed by atoms with Gasteiger partial charge < -0.3 is 9.47 Å². The van der Waals surface area contributed by atoms with E-state index in [2.05, 4.69) is 15.5 Å². The highest BCUT2D eigenvalue weighted by molar-refractivity contribution is 7.17. The molecule has 0 aliphatic rings. The monoisotopic (exact) mass is 333 g/mol. The predicted molar refractivity (Wildman–Crippen MR) is 92.2 cm³/mol. The van der Waals surface area contributed by atoms with E-state index in [9.17, 15) is 4.79 Å². The van der Waals surface area contributed by atoms with Crippen LogP contribution in [-0.4, -0.2) is 30.7 Å². The van der Waals surface area contributed by atoms with Gasteiger partial charge in [0.2, 0.25) is 5.13 Å². The van der Waals surface area contributed by atoms with E-state index in [1.54, 1.807) is 20.2 Å². The van der Waals surface area contributed by atoms with E-state index in [0.29, 0.717) is 33.8 Å². The molecule has 0 bridgehead atoms. The summed E-state index contributed by atoms with van der Waals surface area (Å²) in [4.78, 5) is 16.3. The topological polar surface area (TPSA) is 72.8 Å². The summed E-state index contributed by atoms with van der Waals surface area (Å²) >= 11 is 1.28. The van der Waals surface area contributed by atoms with Gasteiger partial charge in [0.25, 0.3) is 0 Å². The van der Waals surface area contributed by atoms with E-state index in [1.165, 1.54) is 18.3 Å². The lowest BCUT2D eigenvalue weighted by atomic mass is 10.2. The fourth-order valence-corrected chi connectivity index (χ4v) is 2.83. The minimum Gasteiger partial charge on any atom is -0.493 e. The molecule has 0 aliphatic heterocycles. The number of carbonyl (C=O) groups is 1. The van der Waals surface area contributed by atoms with Gasteiger partial charge in [-0.05, 0) is 26.0 Å². The van der Waals surface area contributed by atoms with Crippen molar-refractivity contribution in [2.24, 2.45) is 5.10 Å². The maximum Gasteiger partial charge on any atom is 0.204 e. The number of Topliss-reactive ketones (excluding diaryl/α,β-unsaturated/α-hetero) is 1. The fraction of sp³-hybridized carbons (Fsp3) is 0.312. The molecule has 0 fully saturated rings. The summed E-state index contributed by atoms with van der Waals surface area (Å²) in [6, 6.07) is 5.58. The molecule has 1 N–H and O–H groups in total. The normalized spacial score (nSPS) is 10.8. The lowest BCUT2D eigenvalue weighted by Crippen LogP contribution is -2.00. The number of rotatable bonds is 7. The number of hydrogen-bond donors (Lipinski definition) is 1. The molecule has 0 saturated heterocycles. The van der Waals surface area contributed by atoms with Crippen LogP contribution in [0.2, 0.25) is 0 Å². The van der Waals surface area contributed by atoms with Crippen molar-refractivity contribution >= 4 is 28.5 Å². The molecule has 0 unspecified atom stereocenters. The number of ketones is 1. The third-order valence-corrected chi connectivity index (χ3v) is 4.16. The van der Waals surface area contributed by atoms with Crippen molar-refractivity contribution in [3.8, 4) is 11.5 Å². The van der Waals surface area contributed by atoms with Crippen molar-refractivity contribution in [3.05, 3.63) is 34.3 Å². The van der Waals surface area contributed by atoms with Crippen LogP contribution < -0.4 is 14.9 Å². The van der Waals surface area contributed by atoms with Crippen molar-refractivity contribution in [1.29, 1.82) is 0 Å². The highest BCUT2D eigenvalue weighted by atomic mass is 32.1. The van der Waals surface area contributed by atoms with Crippen LogP contribution in [-0.2, 0) is 0 Å². The number of nitrogens with zero attached hydrogens (tertiary/aromatic N) is 2. The fourth-order valence-electron chi connectivity index (χ4n) is 2.02. The molecule has 0 radical (unpaired) electrons. The molecule has 1 heterocycles. The molecule has 122 valence electrons. The van der Waals surface area contributed by atoms with E-state index in [0.717, 1.165) is 5.56 Å². The first-order chi connectivity index (χ1) is 11.1. The Labute approximate surface area is 139 Å². The molecule has 23 heavy (non-hydrogen) atoms. The number of anilines is 1. The third-order valence-electron chi connectivity index (χ3n) is 3.00. The summed E-state index contributed by atoms with van der Waals surface area (Å²) in [6.07, 6.45) is 1.64. The number of aromatic nitrogens is 1. The van der Waals surface area contributed by atoms with Crippen LogP contribution in [0.3, 0.4) is 0 Å². The van der Waals surface area contributed by atoms with Crippen LogP contribution in [0, 0.1) is 6.92 Å². The van der Waals surface area contributed by atoms with Gasteiger partial charge in [-0.3, -0.25) is 10.2 Å². The summed E-state index contributed by atoms with van der Waals surface area (Å²) in [5, 5.41) is 4.74. The second-order valence-electron chi connectivity index (χ2n) is 4.67. The number of para-hydroxylation sites is 1. The molecule has 0 spiro atoms. The molecule has 0 saturated carbocycles. The minimum absolute atomic E-state index is 0.00320. The first kappa shape index (κ1) is 17.0. The van der Waals surface area contributed by atoms with E-state index < -0.39 is 0 Å². The quantitative estimate of drug-likeness (QED) is 0.477. The second kappa shape index (κ2) is 7.73. The van der Waals surface area contributed by atoms with E-state index in [-0.39, 0.29) is 5.78 Å². The number of methoxy groups -OCH3 is 1. The molecule has 2 aromatic rings. The molecule has 1 aromatic carbocycles. The summed E-state index contributed by atoms with van der Waals surface area (Å²) < 4.78 is 10.9.